The Morgan fingerprint density at radius 3 is 2.11 bits per heavy atom. The molecule has 1 N–H and O–H groups in total. The summed E-state index contributed by atoms with van der Waals surface area (Å²) in [4.78, 5) is 29.4. The van der Waals surface area contributed by atoms with Crippen LogP contribution >= 0.6 is 34.8 Å². The first-order valence-corrected chi connectivity index (χ1v) is 17.6. The molecule has 3 aromatic carbocycles. The summed E-state index contributed by atoms with van der Waals surface area (Å²) in [6.45, 7) is 0.916. The number of halogens is 3. The number of nitrogens with one attached hydrogen (secondary N) is 1. The molecule has 1 atom stereocenters. The highest BCUT2D eigenvalue weighted by atomic mass is 35.5. The number of rotatable bonds is 14. The number of hydrogen-bond donors (Lipinski definition) is 1. The Hall–Kier alpha value is -3.38. The lowest BCUT2D eigenvalue weighted by molar-refractivity contribution is -0.140. The van der Waals surface area contributed by atoms with Crippen LogP contribution in [-0.4, -0.2) is 65.1 Å². The van der Waals surface area contributed by atoms with Gasteiger partial charge in [0.1, 0.15) is 18.3 Å². The molecular weight excluding hydrogens is 689 g/mol. The third kappa shape index (κ3) is 8.38. The first-order chi connectivity index (χ1) is 22.4. The van der Waals surface area contributed by atoms with Crippen molar-refractivity contribution in [3.8, 4) is 17.2 Å². The molecule has 47 heavy (non-hydrogen) atoms. The maximum Gasteiger partial charge on any atom is 0.265 e. The predicted octanol–water partition coefficient (Wildman–Crippen LogP) is 6.73. The molecule has 1 aliphatic carbocycles. The van der Waals surface area contributed by atoms with Gasteiger partial charge in [0, 0.05) is 39.3 Å². The molecule has 0 heterocycles. The van der Waals surface area contributed by atoms with Crippen molar-refractivity contribution in [3.05, 3.63) is 75.2 Å². The van der Waals surface area contributed by atoms with Gasteiger partial charge < -0.3 is 24.4 Å². The molecule has 10 nitrogen and oxygen atoms in total. The number of methoxy groups -OCH3 is 3. The van der Waals surface area contributed by atoms with E-state index in [9.17, 15) is 18.0 Å². The Morgan fingerprint density at radius 2 is 1.51 bits per heavy atom. The number of amides is 2. The summed E-state index contributed by atoms with van der Waals surface area (Å²) in [6.07, 6.45) is 3.94. The molecule has 1 aliphatic rings. The lowest BCUT2D eigenvalue weighted by Gasteiger charge is -2.34. The zero-order valence-corrected chi connectivity index (χ0v) is 29.7. The van der Waals surface area contributed by atoms with E-state index in [4.69, 9.17) is 49.0 Å². The molecule has 3 aromatic rings. The van der Waals surface area contributed by atoms with Crippen LogP contribution in [-0.2, 0) is 26.2 Å². The fourth-order valence-electron chi connectivity index (χ4n) is 5.62. The molecule has 1 saturated carbocycles. The topological polar surface area (TPSA) is 114 Å². The quantitative estimate of drug-likeness (QED) is 0.196. The zero-order chi connectivity index (χ0) is 34.3. The molecule has 0 aromatic heterocycles. The molecule has 0 saturated heterocycles. The minimum absolute atomic E-state index is 0.00458. The van der Waals surface area contributed by atoms with Gasteiger partial charge >= 0.3 is 0 Å². The van der Waals surface area contributed by atoms with Crippen LogP contribution in [0.15, 0.2) is 59.5 Å². The SMILES string of the molecule is CC[C@H](C(=O)NC1CCCC1)N(Cc1c(Cl)cccc1Cl)C(=O)CN(c1cc(Cl)ccc1OC)S(=O)(=O)c1ccc(OC)c(OC)c1. The van der Waals surface area contributed by atoms with Crippen molar-refractivity contribution in [2.24, 2.45) is 0 Å². The largest absolute Gasteiger partial charge is 0.495 e. The Labute approximate surface area is 290 Å². The van der Waals surface area contributed by atoms with Gasteiger partial charge in [-0.25, -0.2) is 8.42 Å². The van der Waals surface area contributed by atoms with Crippen LogP contribution in [0.1, 0.15) is 44.6 Å². The lowest BCUT2D eigenvalue weighted by atomic mass is 10.1. The number of anilines is 1. The average molecular weight is 727 g/mol. The van der Waals surface area contributed by atoms with Gasteiger partial charge in [-0.3, -0.25) is 13.9 Å². The number of benzene rings is 3. The van der Waals surface area contributed by atoms with E-state index in [-0.39, 0.29) is 52.0 Å². The molecule has 2 amide bonds. The van der Waals surface area contributed by atoms with Crippen molar-refractivity contribution in [1.29, 1.82) is 0 Å². The highest BCUT2D eigenvalue weighted by molar-refractivity contribution is 7.92. The van der Waals surface area contributed by atoms with E-state index in [1.807, 2.05) is 0 Å². The molecule has 14 heteroatoms. The third-order valence-corrected chi connectivity index (χ3v) is 10.8. The first kappa shape index (κ1) is 36.5. The first-order valence-electron chi connectivity index (χ1n) is 15.1. The third-order valence-electron chi connectivity index (χ3n) is 8.11. The second-order valence-electron chi connectivity index (χ2n) is 11.0. The van der Waals surface area contributed by atoms with E-state index in [0.29, 0.717) is 21.4 Å². The molecule has 1 fully saturated rings. The fraction of sp³-hybridized carbons (Fsp3) is 0.394. The summed E-state index contributed by atoms with van der Waals surface area (Å²) in [5.41, 5.74) is 0.438. The van der Waals surface area contributed by atoms with Gasteiger partial charge in [-0.1, -0.05) is 60.6 Å². The molecule has 0 aliphatic heterocycles. The molecule has 0 radical (unpaired) electrons. The fourth-order valence-corrected chi connectivity index (χ4v) is 7.73. The van der Waals surface area contributed by atoms with Crippen molar-refractivity contribution in [3.63, 3.8) is 0 Å². The van der Waals surface area contributed by atoms with Crippen molar-refractivity contribution in [2.75, 3.05) is 32.2 Å². The summed E-state index contributed by atoms with van der Waals surface area (Å²) < 4.78 is 46.0. The number of ether oxygens (including phenoxy) is 3. The Bertz CT molecular complexity index is 1680. The van der Waals surface area contributed by atoms with Crippen LogP contribution in [0.5, 0.6) is 17.2 Å². The van der Waals surface area contributed by atoms with Crippen molar-refractivity contribution in [2.45, 2.75) is 62.6 Å². The van der Waals surface area contributed by atoms with Gasteiger partial charge in [-0.05, 0) is 61.7 Å². The second-order valence-corrected chi connectivity index (χ2v) is 14.1. The molecular formula is C33H38Cl3N3O7S. The van der Waals surface area contributed by atoms with Gasteiger partial charge in [-0.2, -0.15) is 0 Å². The molecule has 254 valence electrons. The van der Waals surface area contributed by atoms with Crippen LogP contribution in [0.3, 0.4) is 0 Å². The minimum Gasteiger partial charge on any atom is -0.495 e. The van der Waals surface area contributed by atoms with Gasteiger partial charge in [0.25, 0.3) is 10.0 Å². The summed E-state index contributed by atoms with van der Waals surface area (Å²) in [5.74, 6) is -0.386. The Balaban J connectivity index is 1.83. The average Bonchev–Trinajstić information content (AvgIpc) is 3.57. The standard InChI is InChI=1S/C33H38Cl3N3O7S/c1-5-27(33(41)37-22-9-6-7-10-22)38(19-24-25(35)11-8-12-26(24)36)32(40)20-39(28-17-21(34)13-15-29(28)44-2)47(42,43)23-14-16-30(45-3)31(18-23)46-4/h8,11-18,22,27H,5-7,9-10,19-20H2,1-4H3,(H,37,41)/t27-/m1/s1. The van der Waals surface area contributed by atoms with E-state index in [1.54, 1.807) is 31.2 Å². The number of nitrogens with zero attached hydrogens (tertiary/aromatic N) is 2. The maximum absolute atomic E-state index is 14.5. The van der Waals surface area contributed by atoms with Crippen LogP contribution in [0, 0.1) is 0 Å². The van der Waals surface area contributed by atoms with Crippen molar-refractivity contribution in [1.82, 2.24) is 10.2 Å². The monoisotopic (exact) mass is 725 g/mol. The molecule has 0 unspecified atom stereocenters. The van der Waals surface area contributed by atoms with Crippen molar-refractivity contribution >= 4 is 62.3 Å². The van der Waals surface area contributed by atoms with Gasteiger partial charge in [0.2, 0.25) is 11.8 Å². The van der Waals surface area contributed by atoms with E-state index in [1.165, 1.54) is 56.6 Å². The second kappa shape index (κ2) is 16.1. The van der Waals surface area contributed by atoms with Gasteiger partial charge in [0.15, 0.2) is 11.5 Å². The van der Waals surface area contributed by atoms with E-state index in [2.05, 4.69) is 5.32 Å². The van der Waals surface area contributed by atoms with Gasteiger partial charge in [-0.15, -0.1) is 0 Å². The summed E-state index contributed by atoms with van der Waals surface area (Å²) >= 11 is 19.4. The lowest BCUT2D eigenvalue weighted by Crippen LogP contribution is -2.53. The van der Waals surface area contributed by atoms with Crippen LogP contribution < -0.4 is 23.8 Å². The van der Waals surface area contributed by atoms with Crippen molar-refractivity contribution < 1.29 is 32.2 Å². The number of carbonyl (C=O) groups excluding carboxylic acids is 2. The molecule has 0 spiro atoms. The summed E-state index contributed by atoms with van der Waals surface area (Å²) in [5, 5.41) is 3.89. The highest BCUT2D eigenvalue weighted by Gasteiger charge is 2.36. The number of sulfonamides is 1. The van der Waals surface area contributed by atoms with Crippen LogP contribution in [0.4, 0.5) is 5.69 Å². The number of carbonyl (C=O) groups is 2. The normalized spacial score (nSPS) is 13.9. The summed E-state index contributed by atoms with van der Waals surface area (Å²) in [7, 11) is -0.299. The number of hydrogen-bond acceptors (Lipinski definition) is 7. The smallest absolute Gasteiger partial charge is 0.265 e. The molecule has 4 rings (SSSR count). The summed E-state index contributed by atoms with van der Waals surface area (Å²) in [6, 6.07) is 12.5. The Kier molecular flexibility index (Phi) is 12.5. The van der Waals surface area contributed by atoms with E-state index < -0.39 is 28.5 Å². The van der Waals surface area contributed by atoms with Crippen LogP contribution in [0.25, 0.3) is 0 Å². The van der Waals surface area contributed by atoms with Crippen LogP contribution in [0.2, 0.25) is 15.1 Å². The predicted molar refractivity (Wildman–Crippen MR) is 184 cm³/mol. The Morgan fingerprint density at radius 1 is 0.894 bits per heavy atom. The molecule has 0 bridgehead atoms. The minimum atomic E-state index is -4.49. The maximum atomic E-state index is 14.5. The zero-order valence-electron chi connectivity index (χ0n) is 26.6. The van der Waals surface area contributed by atoms with Gasteiger partial charge in [0.05, 0.1) is 31.9 Å². The van der Waals surface area contributed by atoms with E-state index in [0.717, 1.165) is 30.0 Å². The van der Waals surface area contributed by atoms with E-state index >= 15 is 0 Å². The highest BCUT2D eigenvalue weighted by Crippen LogP contribution is 2.37.